The number of nitrogens with one attached hydrogen (secondary N) is 1. The quantitative estimate of drug-likeness (QED) is 0.222. The van der Waals surface area contributed by atoms with Gasteiger partial charge in [-0.2, -0.15) is 13.2 Å². The molecule has 1 saturated carbocycles. The molecule has 1 atom stereocenters. The monoisotopic (exact) mass is 688 g/mol. The Balaban J connectivity index is 1.09. The Morgan fingerprint density at radius 2 is 1.71 bits per heavy atom. The molecule has 0 spiro atoms. The average Bonchev–Trinajstić information content (AvgIpc) is 3.92. The van der Waals surface area contributed by atoms with Crippen LogP contribution in [0.15, 0.2) is 83.7 Å². The first-order valence-corrected chi connectivity index (χ1v) is 16.9. The van der Waals surface area contributed by atoms with E-state index in [0.717, 1.165) is 40.7 Å². The molecule has 0 unspecified atom stereocenters. The standard InChI is InChI=1S/C38H36ClF3N4O3/c39-30-10-3-7-27(21-30)25-5-1-8-28(19-25)33(47)35(49)46-16-4-11-32-31(22-46)34(48)44-36(43-32)37(14-15-37)29-9-2-6-26(20-29)24-12-17-45(18-13-24)23-38(40,41)42/h1-3,5-10,12,19-21,33,47H,4,11,13-18,22-23H2,(H,43,44,48)/t33-/m1/s1. The second-order valence-electron chi connectivity index (χ2n) is 13.2. The van der Waals surface area contributed by atoms with E-state index in [1.54, 1.807) is 24.3 Å². The number of aliphatic hydroxyl groups is 1. The molecule has 7 nitrogen and oxygen atoms in total. The smallest absolute Gasteiger partial charge is 0.378 e. The zero-order valence-corrected chi connectivity index (χ0v) is 27.5. The highest BCUT2D eigenvalue weighted by Gasteiger charge is 2.49. The van der Waals surface area contributed by atoms with E-state index in [-0.39, 0.29) is 18.6 Å². The number of hydrogen-bond acceptors (Lipinski definition) is 5. The maximum absolute atomic E-state index is 13.6. The number of fused-ring (bicyclic) bond motifs is 1. The van der Waals surface area contributed by atoms with Gasteiger partial charge in [0.2, 0.25) is 0 Å². The molecular formula is C38H36ClF3N4O3. The number of carbonyl (C=O) groups excluding carboxylic acids is 1. The summed E-state index contributed by atoms with van der Waals surface area (Å²) < 4.78 is 38.6. The first-order chi connectivity index (χ1) is 23.5. The molecule has 0 radical (unpaired) electrons. The van der Waals surface area contributed by atoms with Gasteiger partial charge in [-0.1, -0.05) is 72.3 Å². The number of benzene rings is 3. The number of alkyl halides is 3. The van der Waals surface area contributed by atoms with Gasteiger partial charge in [0.05, 0.1) is 29.8 Å². The second kappa shape index (κ2) is 13.2. The van der Waals surface area contributed by atoms with E-state index in [1.165, 1.54) is 9.80 Å². The summed E-state index contributed by atoms with van der Waals surface area (Å²) in [4.78, 5) is 38.2. The minimum Gasteiger partial charge on any atom is -0.378 e. The summed E-state index contributed by atoms with van der Waals surface area (Å²) in [7, 11) is 0. The zero-order valence-electron chi connectivity index (χ0n) is 26.8. The lowest BCUT2D eigenvalue weighted by Crippen LogP contribution is -2.37. The van der Waals surface area contributed by atoms with Gasteiger partial charge in [-0.15, -0.1) is 0 Å². The van der Waals surface area contributed by atoms with E-state index in [4.69, 9.17) is 16.6 Å². The van der Waals surface area contributed by atoms with Crippen LogP contribution in [0.5, 0.6) is 0 Å². The van der Waals surface area contributed by atoms with Gasteiger partial charge in [-0.3, -0.25) is 14.5 Å². The first kappa shape index (κ1) is 33.3. The molecule has 0 saturated heterocycles. The molecule has 1 aliphatic carbocycles. The van der Waals surface area contributed by atoms with Crippen LogP contribution in [0.2, 0.25) is 5.02 Å². The van der Waals surface area contributed by atoms with Gasteiger partial charge in [0.25, 0.3) is 11.5 Å². The number of halogens is 4. The first-order valence-electron chi connectivity index (χ1n) is 16.5. The lowest BCUT2D eigenvalue weighted by Gasteiger charge is -2.27. The maximum Gasteiger partial charge on any atom is 0.401 e. The Morgan fingerprint density at radius 1 is 0.980 bits per heavy atom. The van der Waals surface area contributed by atoms with E-state index < -0.39 is 30.1 Å². The van der Waals surface area contributed by atoms with Crippen molar-refractivity contribution in [3.63, 3.8) is 0 Å². The van der Waals surface area contributed by atoms with Gasteiger partial charge < -0.3 is 15.0 Å². The molecule has 11 heteroatoms. The van der Waals surface area contributed by atoms with Crippen molar-refractivity contribution < 1.29 is 23.1 Å². The lowest BCUT2D eigenvalue weighted by molar-refractivity contribution is -0.145. The second-order valence-corrected chi connectivity index (χ2v) is 13.7. The predicted molar refractivity (Wildman–Crippen MR) is 182 cm³/mol. The van der Waals surface area contributed by atoms with Gasteiger partial charge in [-0.05, 0) is 83.7 Å². The predicted octanol–water partition coefficient (Wildman–Crippen LogP) is 6.83. The molecule has 49 heavy (non-hydrogen) atoms. The third-order valence-electron chi connectivity index (χ3n) is 9.88. The largest absolute Gasteiger partial charge is 0.401 e. The van der Waals surface area contributed by atoms with Crippen LogP contribution in [0, 0.1) is 0 Å². The fourth-order valence-corrected chi connectivity index (χ4v) is 7.27. The molecule has 1 amide bonds. The lowest BCUT2D eigenvalue weighted by atomic mass is 9.90. The summed E-state index contributed by atoms with van der Waals surface area (Å²) in [6.45, 7) is 0.0895. The van der Waals surface area contributed by atoms with Gasteiger partial charge in [0.1, 0.15) is 5.82 Å². The molecule has 1 fully saturated rings. The van der Waals surface area contributed by atoms with Gasteiger partial charge >= 0.3 is 6.18 Å². The van der Waals surface area contributed by atoms with Crippen molar-refractivity contribution in [2.45, 2.75) is 56.3 Å². The van der Waals surface area contributed by atoms with E-state index in [2.05, 4.69) is 11.1 Å². The highest BCUT2D eigenvalue weighted by atomic mass is 35.5. The number of hydrogen-bond donors (Lipinski definition) is 2. The number of nitrogens with zero attached hydrogens (tertiary/aromatic N) is 3. The summed E-state index contributed by atoms with van der Waals surface area (Å²) in [5.74, 6) is 0.119. The highest BCUT2D eigenvalue weighted by molar-refractivity contribution is 6.30. The summed E-state index contributed by atoms with van der Waals surface area (Å²) >= 11 is 6.17. The Bertz CT molecular complexity index is 1990. The van der Waals surface area contributed by atoms with Crippen molar-refractivity contribution >= 4 is 23.1 Å². The minimum atomic E-state index is -4.22. The number of carbonyl (C=O) groups is 1. The van der Waals surface area contributed by atoms with Crippen molar-refractivity contribution in [3.8, 4) is 11.1 Å². The van der Waals surface area contributed by atoms with Crippen molar-refractivity contribution in [1.82, 2.24) is 19.8 Å². The van der Waals surface area contributed by atoms with Crippen LogP contribution in [0.1, 0.15) is 65.6 Å². The Kier molecular flexibility index (Phi) is 8.98. The number of aromatic amines is 1. The fourth-order valence-electron chi connectivity index (χ4n) is 7.08. The summed E-state index contributed by atoms with van der Waals surface area (Å²) in [5, 5.41) is 11.8. The molecule has 2 aliphatic heterocycles. The Labute approximate surface area is 287 Å². The van der Waals surface area contributed by atoms with E-state index in [9.17, 15) is 27.9 Å². The molecule has 0 bridgehead atoms. The van der Waals surface area contributed by atoms with Crippen LogP contribution in [-0.4, -0.2) is 63.1 Å². The molecule has 1 aromatic heterocycles. The van der Waals surface area contributed by atoms with Crippen molar-refractivity contribution in [1.29, 1.82) is 0 Å². The van der Waals surface area contributed by atoms with Crippen molar-refractivity contribution in [2.75, 3.05) is 26.2 Å². The SMILES string of the molecule is O=C([C@H](O)c1cccc(-c2cccc(Cl)c2)c1)N1CCCc2nc(C3(c4cccc(C5=CCN(CC(F)(F)F)CC5)c4)CC3)[nH]c(=O)c2C1. The average molecular weight is 689 g/mol. The molecule has 3 heterocycles. The van der Waals surface area contributed by atoms with Crippen LogP contribution in [0.4, 0.5) is 13.2 Å². The molecule has 3 aromatic carbocycles. The van der Waals surface area contributed by atoms with Crippen molar-refractivity contribution in [3.05, 3.63) is 128 Å². The van der Waals surface area contributed by atoms with E-state index >= 15 is 0 Å². The van der Waals surface area contributed by atoms with Gasteiger partial charge in [0.15, 0.2) is 6.10 Å². The molecule has 7 rings (SSSR count). The molecular weight excluding hydrogens is 653 g/mol. The van der Waals surface area contributed by atoms with E-state index in [0.29, 0.717) is 60.0 Å². The summed E-state index contributed by atoms with van der Waals surface area (Å²) in [6.07, 6.45) is -0.500. The van der Waals surface area contributed by atoms with Gasteiger partial charge in [0, 0.05) is 24.7 Å². The maximum atomic E-state index is 13.6. The van der Waals surface area contributed by atoms with Crippen LogP contribution in [0.25, 0.3) is 16.7 Å². The Morgan fingerprint density at radius 3 is 2.43 bits per heavy atom. The number of amides is 1. The highest BCUT2D eigenvalue weighted by Crippen LogP contribution is 2.52. The number of aliphatic hydroxyl groups excluding tert-OH is 1. The number of H-pyrrole nitrogens is 1. The number of rotatable bonds is 7. The third-order valence-corrected chi connectivity index (χ3v) is 10.1. The molecule has 2 N–H and O–H groups in total. The van der Waals surface area contributed by atoms with E-state index in [1.807, 2.05) is 48.5 Å². The van der Waals surface area contributed by atoms with Crippen LogP contribution >= 0.6 is 11.6 Å². The zero-order chi connectivity index (χ0) is 34.3. The third kappa shape index (κ3) is 7.08. The van der Waals surface area contributed by atoms with Crippen LogP contribution in [0.3, 0.4) is 0 Å². The summed E-state index contributed by atoms with van der Waals surface area (Å²) in [5.41, 5.74) is 5.49. The molecule has 4 aromatic rings. The molecule has 3 aliphatic rings. The topological polar surface area (TPSA) is 89.5 Å². The van der Waals surface area contributed by atoms with Crippen LogP contribution < -0.4 is 5.56 Å². The number of aryl methyl sites for hydroxylation is 1. The fraction of sp³-hybridized carbons (Fsp3) is 0.342. The van der Waals surface area contributed by atoms with Crippen molar-refractivity contribution in [2.24, 2.45) is 0 Å². The minimum absolute atomic E-state index is 0.0455. The van der Waals surface area contributed by atoms with Gasteiger partial charge in [-0.25, -0.2) is 4.98 Å². The molecule has 254 valence electrons. The number of aromatic nitrogens is 2. The Hall–Kier alpha value is -4.25. The normalized spacial score (nSPS) is 18.3. The van der Waals surface area contributed by atoms with Crippen LogP contribution in [-0.2, 0) is 23.2 Å². The summed E-state index contributed by atoms with van der Waals surface area (Å²) in [6, 6.07) is 22.5.